The highest BCUT2D eigenvalue weighted by Gasteiger charge is 2.42. The first-order valence-electron chi connectivity index (χ1n) is 19.2. The number of nitrogens with zero attached hydrogens (tertiary/aromatic N) is 5. The zero-order valence-corrected chi connectivity index (χ0v) is 32.7. The molecular formula is C47H51N5O3. The highest BCUT2D eigenvalue weighted by atomic mass is 16.6. The van der Waals surface area contributed by atoms with Crippen molar-refractivity contribution < 1.29 is 14.3 Å². The summed E-state index contributed by atoms with van der Waals surface area (Å²) in [4.78, 5) is 28.9. The Morgan fingerprint density at radius 2 is 1.22 bits per heavy atom. The Hall–Kier alpha value is -5.89. The van der Waals surface area contributed by atoms with Crippen molar-refractivity contribution in [2.24, 2.45) is 5.92 Å². The number of carbonyl (C=O) groups is 2. The fourth-order valence-electron chi connectivity index (χ4n) is 7.34. The summed E-state index contributed by atoms with van der Waals surface area (Å²) in [7, 11) is 0. The lowest BCUT2D eigenvalue weighted by molar-refractivity contribution is -0.167. The molecule has 0 aliphatic heterocycles. The van der Waals surface area contributed by atoms with Crippen LogP contribution in [0.3, 0.4) is 0 Å². The zero-order chi connectivity index (χ0) is 39.0. The fourth-order valence-corrected chi connectivity index (χ4v) is 7.34. The summed E-state index contributed by atoms with van der Waals surface area (Å²) in [5, 5.41) is 13.8. The zero-order valence-electron chi connectivity index (χ0n) is 32.7. The number of aromatic nitrogens is 4. The highest BCUT2D eigenvalue weighted by Crippen LogP contribution is 2.43. The number of benzene rings is 5. The van der Waals surface area contributed by atoms with Crippen LogP contribution in [-0.4, -0.2) is 48.6 Å². The molecular weight excluding hydrogens is 683 g/mol. The van der Waals surface area contributed by atoms with Gasteiger partial charge in [0.25, 0.3) is 0 Å². The van der Waals surface area contributed by atoms with Crippen molar-refractivity contribution in [2.75, 3.05) is 0 Å². The molecule has 282 valence electrons. The van der Waals surface area contributed by atoms with Crippen LogP contribution in [0.5, 0.6) is 0 Å². The molecule has 8 nitrogen and oxygen atoms in total. The van der Waals surface area contributed by atoms with Gasteiger partial charge >= 0.3 is 5.97 Å². The number of unbranched alkanes of at least 4 members (excludes halogenated alkanes) is 1. The van der Waals surface area contributed by atoms with Gasteiger partial charge in [0, 0.05) is 18.5 Å². The maximum absolute atomic E-state index is 13.7. The van der Waals surface area contributed by atoms with Crippen molar-refractivity contribution in [3.05, 3.63) is 162 Å². The summed E-state index contributed by atoms with van der Waals surface area (Å²) < 4.78 is 7.77. The molecule has 5 aromatic carbocycles. The number of ether oxygens (including phenoxy) is 1. The topological polar surface area (TPSA) is 90.2 Å². The average Bonchev–Trinajstić information content (AvgIpc) is 3.68. The quantitative estimate of drug-likeness (QED) is 0.0818. The number of amides is 1. The van der Waals surface area contributed by atoms with E-state index < -0.39 is 17.2 Å². The molecule has 1 aromatic heterocycles. The van der Waals surface area contributed by atoms with E-state index in [4.69, 9.17) is 15.0 Å². The number of hydrogen-bond acceptors (Lipinski definition) is 6. The Labute approximate surface area is 325 Å². The lowest BCUT2D eigenvalue weighted by Crippen LogP contribution is -2.49. The second kappa shape index (κ2) is 17.1. The Morgan fingerprint density at radius 1 is 0.709 bits per heavy atom. The van der Waals surface area contributed by atoms with E-state index in [9.17, 15) is 9.59 Å². The summed E-state index contributed by atoms with van der Waals surface area (Å²) >= 11 is 0. The minimum absolute atomic E-state index is 0.0496. The van der Waals surface area contributed by atoms with Crippen LogP contribution in [-0.2, 0) is 26.4 Å². The molecule has 0 saturated heterocycles. The van der Waals surface area contributed by atoms with Gasteiger partial charge in [0.15, 0.2) is 5.82 Å². The van der Waals surface area contributed by atoms with Crippen molar-refractivity contribution in [3.63, 3.8) is 0 Å². The molecule has 8 heteroatoms. The SMILES string of the molecule is CCCCC(=O)N(Cc1ccc(-c2ccccc2-c2nnnn2C(c2ccccc2)(c2ccccc2)c2ccccc2)cc1)C(C(=O)OC(C)(C)C)C(C)C. The normalized spacial score (nSPS) is 12.3. The smallest absolute Gasteiger partial charge is 0.329 e. The van der Waals surface area contributed by atoms with Gasteiger partial charge in [-0.05, 0) is 76.9 Å². The average molecular weight is 734 g/mol. The van der Waals surface area contributed by atoms with Crippen LogP contribution >= 0.6 is 0 Å². The Kier molecular flexibility index (Phi) is 12.0. The largest absolute Gasteiger partial charge is 0.458 e. The van der Waals surface area contributed by atoms with Gasteiger partial charge in [-0.2, -0.15) is 0 Å². The molecule has 0 aliphatic rings. The number of rotatable bonds is 14. The molecule has 1 heterocycles. The number of tetrazole rings is 1. The van der Waals surface area contributed by atoms with Crippen molar-refractivity contribution in [1.29, 1.82) is 0 Å². The third-order valence-corrected chi connectivity index (χ3v) is 9.83. The lowest BCUT2D eigenvalue weighted by Gasteiger charge is -2.36. The van der Waals surface area contributed by atoms with E-state index in [2.05, 4.69) is 72.8 Å². The van der Waals surface area contributed by atoms with Crippen LogP contribution in [0.15, 0.2) is 140 Å². The molecule has 0 fully saturated rings. The molecule has 55 heavy (non-hydrogen) atoms. The summed E-state index contributed by atoms with van der Waals surface area (Å²) in [6, 6.07) is 46.7. The number of carbonyl (C=O) groups excluding carboxylic acids is 2. The van der Waals surface area contributed by atoms with E-state index in [0.717, 1.165) is 51.8 Å². The second-order valence-electron chi connectivity index (χ2n) is 15.3. The summed E-state index contributed by atoms with van der Waals surface area (Å²) in [6.45, 7) is 11.8. The minimum atomic E-state index is -0.894. The monoisotopic (exact) mass is 733 g/mol. The van der Waals surface area contributed by atoms with Gasteiger partial charge in [0.1, 0.15) is 17.2 Å². The molecule has 6 rings (SSSR count). The molecule has 0 aliphatic carbocycles. The third-order valence-electron chi connectivity index (χ3n) is 9.83. The van der Waals surface area contributed by atoms with Crippen LogP contribution < -0.4 is 0 Å². The number of esters is 1. The predicted octanol–water partition coefficient (Wildman–Crippen LogP) is 9.73. The molecule has 1 amide bonds. The molecule has 0 saturated carbocycles. The first-order valence-corrected chi connectivity index (χ1v) is 19.2. The van der Waals surface area contributed by atoms with Crippen molar-refractivity contribution in [1.82, 2.24) is 25.1 Å². The fraction of sp³-hybridized carbons (Fsp3) is 0.298. The highest BCUT2D eigenvalue weighted by molar-refractivity contribution is 5.85. The van der Waals surface area contributed by atoms with Crippen molar-refractivity contribution >= 4 is 11.9 Å². The van der Waals surface area contributed by atoms with Gasteiger partial charge in [0.2, 0.25) is 5.91 Å². The summed E-state index contributed by atoms with van der Waals surface area (Å²) in [5.41, 5.74) is 5.21. The van der Waals surface area contributed by atoms with E-state index in [1.54, 1.807) is 4.90 Å². The van der Waals surface area contributed by atoms with Crippen LogP contribution in [0.25, 0.3) is 22.5 Å². The van der Waals surface area contributed by atoms with E-state index >= 15 is 0 Å². The van der Waals surface area contributed by atoms with Crippen LogP contribution in [0.2, 0.25) is 0 Å². The van der Waals surface area contributed by atoms with Crippen molar-refractivity contribution in [3.8, 4) is 22.5 Å². The van der Waals surface area contributed by atoms with Gasteiger partial charge in [-0.3, -0.25) is 4.79 Å². The van der Waals surface area contributed by atoms with Gasteiger partial charge in [-0.25, -0.2) is 9.48 Å². The van der Waals surface area contributed by atoms with Crippen LogP contribution in [0, 0.1) is 5.92 Å². The third kappa shape index (κ3) is 8.44. The van der Waals surface area contributed by atoms with E-state index in [-0.39, 0.29) is 17.8 Å². The number of hydrogen-bond donors (Lipinski definition) is 0. The van der Waals surface area contributed by atoms with Gasteiger partial charge in [-0.1, -0.05) is 167 Å². The molecule has 6 aromatic rings. The molecule has 0 N–H and O–H groups in total. The van der Waals surface area contributed by atoms with E-state index in [1.807, 2.05) is 118 Å². The first-order chi connectivity index (χ1) is 26.5. The van der Waals surface area contributed by atoms with Crippen molar-refractivity contribution in [2.45, 2.75) is 84.5 Å². The molecule has 0 radical (unpaired) electrons. The maximum Gasteiger partial charge on any atom is 0.329 e. The van der Waals surface area contributed by atoms with Gasteiger partial charge < -0.3 is 9.64 Å². The maximum atomic E-state index is 13.7. The van der Waals surface area contributed by atoms with E-state index in [0.29, 0.717) is 18.8 Å². The Balaban J connectivity index is 1.42. The second-order valence-corrected chi connectivity index (χ2v) is 15.3. The first kappa shape index (κ1) is 38.8. The molecule has 1 atom stereocenters. The van der Waals surface area contributed by atoms with Gasteiger partial charge in [-0.15, -0.1) is 5.10 Å². The molecule has 0 spiro atoms. The predicted molar refractivity (Wildman–Crippen MR) is 218 cm³/mol. The molecule has 0 bridgehead atoms. The lowest BCUT2D eigenvalue weighted by atomic mass is 9.77. The Bertz CT molecular complexity index is 2060. The molecule has 1 unspecified atom stereocenters. The Morgan fingerprint density at radius 3 is 1.71 bits per heavy atom. The van der Waals surface area contributed by atoms with Crippen LogP contribution in [0.1, 0.15) is 83.1 Å². The van der Waals surface area contributed by atoms with Crippen LogP contribution in [0.4, 0.5) is 0 Å². The van der Waals surface area contributed by atoms with Gasteiger partial charge in [0.05, 0.1) is 0 Å². The standard InChI is InChI=1S/C47H51N5O3/c1-7-8-28-42(53)51(43(34(2)3)45(54)55-46(4,5)6)33-35-29-31-36(32-30-35)40-26-18-19-27-41(40)44-48-49-50-52(44)47(37-20-12-9-13-21-37,38-22-14-10-15-23-38)39-24-16-11-17-25-39/h9-27,29-32,34,43H,7-8,28,33H2,1-6H3. The minimum Gasteiger partial charge on any atom is -0.458 e. The summed E-state index contributed by atoms with van der Waals surface area (Å²) in [5.74, 6) is 0.0491. The van der Waals surface area contributed by atoms with E-state index in [1.165, 1.54) is 0 Å². The summed E-state index contributed by atoms with van der Waals surface area (Å²) in [6.07, 6.45) is 2.02.